The topological polar surface area (TPSA) is 91.8 Å². The van der Waals surface area contributed by atoms with Gasteiger partial charge in [0.25, 0.3) is 15.9 Å². The van der Waals surface area contributed by atoms with Crippen LogP contribution in [0.25, 0.3) is 0 Å². The lowest BCUT2D eigenvalue weighted by molar-refractivity contribution is -0.137. The summed E-state index contributed by atoms with van der Waals surface area (Å²) in [7, 11) is -3.87. The van der Waals surface area contributed by atoms with Gasteiger partial charge in [-0.05, 0) is 12.1 Å². The van der Waals surface area contributed by atoms with E-state index in [1.165, 1.54) is 18.2 Å². The van der Waals surface area contributed by atoms with Gasteiger partial charge in [-0.25, -0.2) is 12.7 Å². The van der Waals surface area contributed by atoms with E-state index in [9.17, 15) is 18.0 Å². The van der Waals surface area contributed by atoms with E-state index < -0.39 is 28.3 Å². The molecule has 0 aliphatic carbocycles. The number of amides is 1. The zero-order valence-corrected chi connectivity index (χ0v) is 9.48. The Labute approximate surface area is 97.5 Å². The zero-order valence-electron chi connectivity index (χ0n) is 8.66. The number of carbonyl (C=O) groups is 2. The highest BCUT2D eigenvalue weighted by atomic mass is 32.2. The SMILES string of the molecule is O=C(O)CCN1C(=O)c2ccccc2S1(=O)=O. The van der Waals surface area contributed by atoms with Crippen molar-refractivity contribution in [3.63, 3.8) is 0 Å². The minimum Gasteiger partial charge on any atom is -0.481 e. The number of hydrogen-bond acceptors (Lipinski definition) is 4. The van der Waals surface area contributed by atoms with Crippen LogP contribution in [0.5, 0.6) is 0 Å². The Morgan fingerprint density at radius 2 is 1.94 bits per heavy atom. The number of hydrogen-bond donors (Lipinski definition) is 1. The highest BCUT2D eigenvalue weighted by Crippen LogP contribution is 2.29. The second kappa shape index (κ2) is 3.85. The van der Waals surface area contributed by atoms with Crippen molar-refractivity contribution >= 4 is 21.9 Å². The molecule has 90 valence electrons. The normalized spacial score (nSPS) is 16.9. The van der Waals surface area contributed by atoms with Crippen molar-refractivity contribution in [2.75, 3.05) is 6.54 Å². The first-order chi connectivity index (χ1) is 7.94. The number of carboxylic acids is 1. The summed E-state index contributed by atoms with van der Waals surface area (Å²) in [5.74, 6) is -1.81. The van der Waals surface area contributed by atoms with E-state index in [-0.39, 0.29) is 17.0 Å². The van der Waals surface area contributed by atoms with E-state index in [1.807, 2.05) is 0 Å². The Bertz CT molecular complexity index is 592. The summed E-state index contributed by atoms with van der Waals surface area (Å²) in [5.41, 5.74) is 0.0953. The van der Waals surface area contributed by atoms with Crippen molar-refractivity contribution in [2.24, 2.45) is 0 Å². The average Bonchev–Trinajstić information content (AvgIpc) is 2.46. The fourth-order valence-corrected chi connectivity index (χ4v) is 3.22. The van der Waals surface area contributed by atoms with Crippen molar-refractivity contribution in [3.05, 3.63) is 29.8 Å². The van der Waals surface area contributed by atoms with Gasteiger partial charge in [-0.15, -0.1) is 0 Å². The van der Waals surface area contributed by atoms with Crippen LogP contribution in [0.15, 0.2) is 29.2 Å². The zero-order chi connectivity index (χ0) is 12.6. The molecule has 0 aromatic heterocycles. The second-order valence-electron chi connectivity index (χ2n) is 3.52. The van der Waals surface area contributed by atoms with Gasteiger partial charge in [0, 0.05) is 6.54 Å². The predicted molar refractivity (Wildman–Crippen MR) is 56.9 cm³/mol. The Kier molecular flexibility index (Phi) is 2.62. The maximum Gasteiger partial charge on any atom is 0.305 e. The van der Waals surface area contributed by atoms with Gasteiger partial charge in [0.15, 0.2) is 0 Å². The lowest BCUT2D eigenvalue weighted by Crippen LogP contribution is -2.32. The molecule has 0 unspecified atom stereocenters. The molecule has 7 heteroatoms. The van der Waals surface area contributed by atoms with Crippen molar-refractivity contribution in [1.82, 2.24) is 4.31 Å². The average molecular weight is 255 g/mol. The number of sulfonamides is 1. The fourth-order valence-electron chi connectivity index (χ4n) is 1.65. The lowest BCUT2D eigenvalue weighted by atomic mass is 10.2. The van der Waals surface area contributed by atoms with E-state index in [0.29, 0.717) is 4.31 Å². The van der Waals surface area contributed by atoms with Crippen LogP contribution in [-0.4, -0.2) is 36.3 Å². The van der Waals surface area contributed by atoms with Crippen molar-refractivity contribution < 1.29 is 23.1 Å². The summed E-state index contributed by atoms with van der Waals surface area (Å²) in [5, 5.41) is 8.51. The molecule has 0 fully saturated rings. The van der Waals surface area contributed by atoms with Gasteiger partial charge in [-0.2, -0.15) is 0 Å². The molecule has 0 atom stereocenters. The molecule has 0 radical (unpaired) electrons. The molecule has 0 spiro atoms. The van der Waals surface area contributed by atoms with Crippen LogP contribution in [0.2, 0.25) is 0 Å². The Morgan fingerprint density at radius 3 is 2.53 bits per heavy atom. The molecular weight excluding hydrogens is 246 g/mol. The lowest BCUT2D eigenvalue weighted by Gasteiger charge is -2.13. The third-order valence-electron chi connectivity index (χ3n) is 2.44. The van der Waals surface area contributed by atoms with Crippen LogP contribution < -0.4 is 0 Å². The van der Waals surface area contributed by atoms with Crippen molar-refractivity contribution in [2.45, 2.75) is 11.3 Å². The third kappa shape index (κ3) is 1.78. The number of carboxylic acid groups (broad SMARTS) is 1. The van der Waals surface area contributed by atoms with Crippen molar-refractivity contribution in [3.8, 4) is 0 Å². The van der Waals surface area contributed by atoms with Gasteiger partial charge in [0.1, 0.15) is 4.90 Å². The van der Waals surface area contributed by atoms with E-state index in [1.54, 1.807) is 6.07 Å². The largest absolute Gasteiger partial charge is 0.481 e. The Hall–Kier alpha value is -1.89. The molecule has 1 heterocycles. The first-order valence-corrected chi connectivity index (χ1v) is 6.26. The first kappa shape index (κ1) is 11.6. The molecular formula is C10H9NO5S. The van der Waals surface area contributed by atoms with Crippen LogP contribution in [0, 0.1) is 0 Å². The number of aliphatic carboxylic acids is 1. The maximum atomic E-state index is 11.9. The second-order valence-corrected chi connectivity index (χ2v) is 5.35. The molecule has 1 aliphatic rings. The molecule has 17 heavy (non-hydrogen) atoms. The summed E-state index contributed by atoms with van der Waals surface area (Å²) in [6, 6.07) is 5.83. The number of nitrogens with zero attached hydrogens (tertiary/aromatic N) is 1. The first-order valence-electron chi connectivity index (χ1n) is 4.82. The summed E-state index contributed by atoms with van der Waals surface area (Å²) in [4.78, 5) is 22.1. The molecule has 0 bridgehead atoms. The Morgan fingerprint density at radius 1 is 1.29 bits per heavy atom. The smallest absolute Gasteiger partial charge is 0.305 e. The molecule has 1 N–H and O–H groups in total. The fraction of sp³-hybridized carbons (Fsp3) is 0.200. The molecule has 1 aliphatic heterocycles. The van der Waals surface area contributed by atoms with Gasteiger partial charge in [-0.1, -0.05) is 12.1 Å². The van der Waals surface area contributed by atoms with Gasteiger partial charge >= 0.3 is 5.97 Å². The number of fused-ring (bicyclic) bond motifs is 1. The van der Waals surface area contributed by atoms with Crippen LogP contribution in [0.3, 0.4) is 0 Å². The number of rotatable bonds is 3. The van der Waals surface area contributed by atoms with Gasteiger partial charge in [0.2, 0.25) is 0 Å². The number of carbonyl (C=O) groups excluding carboxylic acids is 1. The van der Waals surface area contributed by atoms with E-state index in [2.05, 4.69) is 0 Å². The molecule has 1 aromatic carbocycles. The summed E-state index contributed by atoms with van der Waals surface area (Å²) in [6.45, 7) is -0.342. The van der Waals surface area contributed by atoms with Crippen molar-refractivity contribution in [1.29, 1.82) is 0 Å². The van der Waals surface area contributed by atoms with Gasteiger partial charge in [-0.3, -0.25) is 9.59 Å². The van der Waals surface area contributed by atoms with Crippen LogP contribution in [0.4, 0.5) is 0 Å². The summed E-state index contributed by atoms with van der Waals surface area (Å²) < 4.78 is 24.4. The van der Waals surface area contributed by atoms with E-state index in [0.717, 1.165) is 0 Å². The van der Waals surface area contributed by atoms with Crippen LogP contribution in [0.1, 0.15) is 16.8 Å². The molecule has 0 saturated carbocycles. The molecule has 2 rings (SSSR count). The molecule has 0 saturated heterocycles. The Balaban J connectivity index is 2.41. The quantitative estimate of drug-likeness (QED) is 0.839. The standard InChI is InChI=1S/C10H9NO5S/c12-9(13)5-6-11-10(14)7-3-1-2-4-8(7)17(11,15)16/h1-4H,5-6H2,(H,12,13). The summed E-state index contributed by atoms with van der Waals surface area (Å²) >= 11 is 0. The minimum absolute atomic E-state index is 0.0598. The van der Waals surface area contributed by atoms with Gasteiger partial charge < -0.3 is 5.11 Å². The predicted octanol–water partition coefficient (Wildman–Crippen LogP) is 0.306. The highest BCUT2D eigenvalue weighted by Gasteiger charge is 2.40. The van der Waals surface area contributed by atoms with Crippen LogP contribution in [-0.2, 0) is 14.8 Å². The van der Waals surface area contributed by atoms with Gasteiger partial charge in [0.05, 0.1) is 12.0 Å². The molecule has 1 aromatic rings. The number of benzene rings is 1. The third-order valence-corrected chi connectivity index (χ3v) is 4.28. The van der Waals surface area contributed by atoms with E-state index >= 15 is 0 Å². The maximum absolute atomic E-state index is 11.9. The van der Waals surface area contributed by atoms with Crippen LogP contribution >= 0.6 is 0 Å². The molecule has 6 nitrogen and oxygen atoms in total. The summed E-state index contributed by atoms with van der Waals surface area (Å²) in [6.07, 6.45) is -0.404. The monoisotopic (exact) mass is 255 g/mol. The van der Waals surface area contributed by atoms with E-state index in [4.69, 9.17) is 5.11 Å². The molecule has 1 amide bonds. The highest BCUT2D eigenvalue weighted by molar-refractivity contribution is 7.90. The minimum atomic E-state index is -3.87.